The zero-order valence-electron chi connectivity index (χ0n) is 21.9. The first-order valence-corrected chi connectivity index (χ1v) is 14.2. The third-order valence-electron chi connectivity index (χ3n) is 6.27. The van der Waals surface area contributed by atoms with E-state index in [1.54, 1.807) is 19.9 Å². The second-order valence-electron chi connectivity index (χ2n) is 9.11. The van der Waals surface area contributed by atoms with Crippen LogP contribution in [-0.2, 0) is 14.3 Å². The number of anilines is 2. The van der Waals surface area contributed by atoms with E-state index in [1.807, 2.05) is 61.0 Å². The summed E-state index contributed by atoms with van der Waals surface area (Å²) in [7, 11) is 0. The molecule has 0 fully saturated rings. The zero-order chi connectivity index (χ0) is 27.7. The summed E-state index contributed by atoms with van der Waals surface area (Å²) in [5.74, 6) is -0.785. The van der Waals surface area contributed by atoms with Crippen molar-refractivity contribution in [2.45, 2.75) is 33.8 Å². The van der Waals surface area contributed by atoms with Crippen LogP contribution in [0.15, 0.2) is 53.2 Å². The first kappa shape index (κ1) is 26.6. The minimum Gasteiger partial charge on any atom is -0.479 e. The number of aryl methyl sites for hydroxylation is 2. The summed E-state index contributed by atoms with van der Waals surface area (Å²) < 4.78 is 11.1. The van der Waals surface area contributed by atoms with E-state index in [0.717, 1.165) is 27.4 Å². The lowest BCUT2D eigenvalue weighted by molar-refractivity contribution is -0.127. The number of esters is 1. The molecule has 0 bridgehead atoms. The van der Waals surface area contributed by atoms with Crippen LogP contribution in [0.3, 0.4) is 0 Å². The highest BCUT2D eigenvalue weighted by molar-refractivity contribution is 7.15. The molecular formula is C29H27N3O5S2. The molecule has 2 aromatic heterocycles. The summed E-state index contributed by atoms with van der Waals surface area (Å²) in [5, 5.41) is 7.92. The largest absolute Gasteiger partial charge is 0.479 e. The molecule has 8 nitrogen and oxygen atoms in total. The SMILES string of the molecule is CCOC(=O)c1c(-c2ccc(C)cc2)csc1NC(=O)CN1C(=O)C(C)Oc2ccc(-c3csc(C)n3)cc21. The Bertz CT molecular complexity index is 1560. The molecule has 2 aromatic carbocycles. The summed E-state index contributed by atoms with van der Waals surface area (Å²) in [5.41, 5.74) is 5.01. The minimum atomic E-state index is -0.748. The third kappa shape index (κ3) is 5.43. The van der Waals surface area contributed by atoms with Gasteiger partial charge < -0.3 is 14.8 Å². The molecule has 10 heteroatoms. The van der Waals surface area contributed by atoms with Gasteiger partial charge in [-0.05, 0) is 51.5 Å². The van der Waals surface area contributed by atoms with Crippen LogP contribution >= 0.6 is 22.7 Å². The number of nitrogens with one attached hydrogen (secondary N) is 1. The van der Waals surface area contributed by atoms with Crippen molar-refractivity contribution < 1.29 is 23.9 Å². The predicted molar refractivity (Wildman–Crippen MR) is 154 cm³/mol. The fourth-order valence-electron chi connectivity index (χ4n) is 4.34. The number of fused-ring (bicyclic) bond motifs is 1. The molecule has 1 aliphatic rings. The van der Waals surface area contributed by atoms with Crippen LogP contribution in [0.2, 0.25) is 0 Å². The van der Waals surface area contributed by atoms with E-state index in [4.69, 9.17) is 9.47 Å². The van der Waals surface area contributed by atoms with Crippen molar-refractivity contribution in [1.29, 1.82) is 0 Å². The Morgan fingerprint density at radius 2 is 1.82 bits per heavy atom. The third-order valence-corrected chi connectivity index (χ3v) is 7.94. The van der Waals surface area contributed by atoms with Gasteiger partial charge >= 0.3 is 5.97 Å². The molecule has 0 saturated heterocycles. The van der Waals surface area contributed by atoms with E-state index in [2.05, 4.69) is 10.3 Å². The Balaban J connectivity index is 1.44. The molecule has 0 saturated carbocycles. The van der Waals surface area contributed by atoms with Gasteiger partial charge in [-0.2, -0.15) is 0 Å². The second-order valence-corrected chi connectivity index (χ2v) is 11.0. The van der Waals surface area contributed by atoms with Gasteiger partial charge in [-0.1, -0.05) is 29.8 Å². The average Bonchev–Trinajstić information content (AvgIpc) is 3.53. The number of ether oxygens (including phenoxy) is 2. The van der Waals surface area contributed by atoms with Crippen LogP contribution in [0.5, 0.6) is 5.75 Å². The van der Waals surface area contributed by atoms with Gasteiger partial charge in [0.25, 0.3) is 5.91 Å². The Morgan fingerprint density at radius 1 is 1.08 bits per heavy atom. The lowest BCUT2D eigenvalue weighted by Crippen LogP contribution is -2.47. The molecular weight excluding hydrogens is 534 g/mol. The van der Waals surface area contributed by atoms with E-state index in [-0.39, 0.29) is 19.1 Å². The van der Waals surface area contributed by atoms with E-state index in [1.165, 1.54) is 27.6 Å². The Kier molecular flexibility index (Phi) is 7.49. The molecule has 0 aliphatic carbocycles. The van der Waals surface area contributed by atoms with Gasteiger partial charge in [-0.3, -0.25) is 14.5 Å². The molecule has 1 atom stereocenters. The number of amides is 2. The standard InChI is InChI=1S/C29H27N3O5S2/c1-5-36-29(35)26-21(19-8-6-16(2)7-9-19)14-39-27(26)31-25(33)13-32-23-12-20(22-15-38-18(4)30-22)10-11-24(23)37-17(3)28(32)34/h6-12,14-15,17H,5,13H2,1-4H3,(H,31,33). The molecule has 4 aromatic rings. The first-order chi connectivity index (χ1) is 18.7. The van der Waals surface area contributed by atoms with Crippen molar-refractivity contribution in [3.05, 3.63) is 69.4 Å². The van der Waals surface area contributed by atoms with Crippen molar-refractivity contribution in [2.24, 2.45) is 0 Å². The Morgan fingerprint density at radius 3 is 2.51 bits per heavy atom. The van der Waals surface area contributed by atoms with E-state index in [0.29, 0.717) is 27.6 Å². The van der Waals surface area contributed by atoms with Crippen LogP contribution < -0.4 is 15.0 Å². The van der Waals surface area contributed by atoms with Gasteiger partial charge in [-0.15, -0.1) is 22.7 Å². The number of thiophene rings is 1. The van der Waals surface area contributed by atoms with Crippen molar-refractivity contribution in [3.8, 4) is 28.1 Å². The number of hydrogen-bond acceptors (Lipinski definition) is 8. The zero-order valence-corrected chi connectivity index (χ0v) is 23.6. The summed E-state index contributed by atoms with van der Waals surface area (Å²) in [6.45, 7) is 7.25. The lowest BCUT2D eigenvalue weighted by Gasteiger charge is -2.32. The average molecular weight is 562 g/mol. The van der Waals surface area contributed by atoms with Gasteiger partial charge in [0.1, 0.15) is 22.9 Å². The van der Waals surface area contributed by atoms with E-state index in [9.17, 15) is 14.4 Å². The van der Waals surface area contributed by atoms with Crippen LogP contribution in [0.1, 0.15) is 34.8 Å². The molecule has 1 aliphatic heterocycles. The first-order valence-electron chi connectivity index (χ1n) is 12.4. The topological polar surface area (TPSA) is 97.8 Å². The van der Waals surface area contributed by atoms with Crippen LogP contribution in [0.4, 0.5) is 10.7 Å². The summed E-state index contributed by atoms with van der Waals surface area (Å²) in [4.78, 5) is 45.3. The van der Waals surface area contributed by atoms with Crippen molar-refractivity contribution in [3.63, 3.8) is 0 Å². The molecule has 5 rings (SSSR count). The number of aromatic nitrogens is 1. The maximum absolute atomic E-state index is 13.3. The fraction of sp³-hybridized carbons (Fsp3) is 0.241. The fourth-order valence-corrected chi connectivity index (χ4v) is 5.93. The lowest BCUT2D eigenvalue weighted by atomic mass is 10.0. The van der Waals surface area contributed by atoms with Crippen LogP contribution in [0.25, 0.3) is 22.4 Å². The predicted octanol–water partition coefficient (Wildman–Crippen LogP) is 6.08. The highest BCUT2D eigenvalue weighted by atomic mass is 32.1. The van der Waals surface area contributed by atoms with Crippen LogP contribution in [0, 0.1) is 13.8 Å². The maximum Gasteiger partial charge on any atom is 0.341 e. The van der Waals surface area contributed by atoms with Gasteiger partial charge in [0.15, 0.2) is 6.10 Å². The molecule has 39 heavy (non-hydrogen) atoms. The van der Waals surface area contributed by atoms with Gasteiger partial charge in [-0.25, -0.2) is 9.78 Å². The number of benzene rings is 2. The molecule has 1 N–H and O–H groups in total. The molecule has 0 radical (unpaired) electrons. The van der Waals surface area contributed by atoms with E-state index < -0.39 is 18.0 Å². The number of carbonyl (C=O) groups is 3. The number of thiazole rings is 1. The molecule has 3 heterocycles. The number of hydrogen-bond donors (Lipinski definition) is 1. The minimum absolute atomic E-state index is 0.202. The van der Waals surface area contributed by atoms with Gasteiger partial charge in [0.2, 0.25) is 5.91 Å². The molecule has 0 spiro atoms. The summed E-state index contributed by atoms with van der Waals surface area (Å²) in [6, 6.07) is 13.3. The van der Waals surface area contributed by atoms with Crippen molar-refractivity contribution >= 4 is 51.1 Å². The number of carbonyl (C=O) groups excluding carboxylic acids is 3. The molecule has 200 valence electrons. The summed E-state index contributed by atoms with van der Waals surface area (Å²) >= 11 is 2.78. The van der Waals surface area contributed by atoms with E-state index >= 15 is 0 Å². The Hall–Kier alpha value is -4.02. The molecule has 1 unspecified atom stereocenters. The highest BCUT2D eigenvalue weighted by Gasteiger charge is 2.34. The highest BCUT2D eigenvalue weighted by Crippen LogP contribution is 2.39. The van der Waals surface area contributed by atoms with Gasteiger partial charge in [0, 0.05) is 21.9 Å². The monoisotopic (exact) mass is 561 g/mol. The van der Waals surface area contributed by atoms with Crippen molar-refractivity contribution in [1.82, 2.24) is 4.98 Å². The number of nitrogens with zero attached hydrogens (tertiary/aromatic N) is 2. The summed E-state index contributed by atoms with van der Waals surface area (Å²) in [6.07, 6.45) is -0.748. The van der Waals surface area contributed by atoms with Crippen LogP contribution in [-0.4, -0.2) is 42.0 Å². The maximum atomic E-state index is 13.3. The van der Waals surface area contributed by atoms with Crippen molar-refractivity contribution in [2.75, 3.05) is 23.4 Å². The second kappa shape index (κ2) is 11.0. The number of rotatable bonds is 7. The molecule has 2 amide bonds. The Labute approximate surface area is 234 Å². The smallest absolute Gasteiger partial charge is 0.341 e. The normalized spacial score (nSPS) is 14.5. The quantitative estimate of drug-likeness (QED) is 0.275. The van der Waals surface area contributed by atoms with Gasteiger partial charge in [0.05, 0.1) is 23.0 Å².